The van der Waals surface area contributed by atoms with Crippen LogP contribution in [-0.4, -0.2) is 63.2 Å². The fourth-order valence-corrected chi connectivity index (χ4v) is 2.51. The number of hydrogen-bond donors (Lipinski definition) is 5. The average molecular weight is 397 g/mol. The lowest BCUT2D eigenvalue weighted by molar-refractivity contribution is -0.146. The van der Waals surface area contributed by atoms with Gasteiger partial charge in [0.15, 0.2) is 0 Å². The quantitative estimate of drug-likeness (QED) is 0.322. The minimum atomic E-state index is -1.22. The third kappa shape index (κ3) is 8.09. The number of aliphatic carboxylic acids is 2. The Bertz CT molecular complexity index is 670. The Balaban J connectivity index is 2.76. The molecule has 0 radical (unpaired) electrons. The molecule has 5 N–H and O–H groups in total. The number of hydrogen-bond acceptors (Lipinski definition) is 6. The molecule has 1 aromatic carbocycles. The maximum atomic E-state index is 12.7. The lowest BCUT2D eigenvalue weighted by Gasteiger charge is -2.26. The van der Waals surface area contributed by atoms with Crippen molar-refractivity contribution in [3.05, 3.63) is 35.9 Å². The van der Waals surface area contributed by atoms with E-state index in [1.807, 2.05) is 0 Å². The Hall–Kier alpha value is -2.59. The van der Waals surface area contributed by atoms with Gasteiger partial charge in [-0.3, -0.25) is 19.2 Å². The molecule has 0 aliphatic heterocycles. The third-order valence-electron chi connectivity index (χ3n) is 3.67. The molecule has 0 saturated heterocycles. The van der Waals surface area contributed by atoms with Gasteiger partial charge in [-0.15, -0.1) is 0 Å². The van der Waals surface area contributed by atoms with Gasteiger partial charge in [-0.25, -0.2) is 0 Å². The van der Waals surface area contributed by atoms with Crippen LogP contribution in [0.2, 0.25) is 0 Å². The topological polar surface area (TPSA) is 150 Å². The van der Waals surface area contributed by atoms with Crippen molar-refractivity contribution >= 4 is 36.4 Å². The number of carboxylic acid groups (broad SMARTS) is 2. The van der Waals surface area contributed by atoms with Gasteiger partial charge in [-0.1, -0.05) is 30.3 Å². The van der Waals surface area contributed by atoms with Gasteiger partial charge >= 0.3 is 11.9 Å². The molecule has 2 atom stereocenters. The van der Waals surface area contributed by atoms with Crippen LogP contribution in [0.4, 0.5) is 0 Å². The highest BCUT2D eigenvalue weighted by atomic mass is 32.1. The summed E-state index contributed by atoms with van der Waals surface area (Å²) in [5.41, 5.74) is 6.08. The molecule has 0 aliphatic rings. The number of carbonyl (C=O) groups is 4. The van der Waals surface area contributed by atoms with Crippen LogP contribution in [-0.2, 0) is 25.7 Å². The lowest BCUT2D eigenvalue weighted by Crippen LogP contribution is -2.50. The molecule has 2 amide bonds. The number of benzene rings is 1. The highest BCUT2D eigenvalue weighted by Gasteiger charge is 2.27. The summed E-state index contributed by atoms with van der Waals surface area (Å²) < 4.78 is 0. The van der Waals surface area contributed by atoms with Crippen LogP contribution < -0.4 is 11.1 Å². The van der Waals surface area contributed by atoms with E-state index in [0.29, 0.717) is 0 Å². The van der Waals surface area contributed by atoms with Gasteiger partial charge in [-0.05, 0) is 12.0 Å². The number of nitrogens with zero attached hydrogens (tertiary/aromatic N) is 1. The first-order valence-electron chi connectivity index (χ1n) is 8.17. The van der Waals surface area contributed by atoms with Crippen LogP contribution in [0.3, 0.4) is 0 Å². The molecule has 0 bridgehead atoms. The molecular weight excluding hydrogens is 374 g/mol. The van der Waals surface area contributed by atoms with Crippen molar-refractivity contribution < 1.29 is 29.4 Å². The summed E-state index contributed by atoms with van der Waals surface area (Å²) >= 11 is 4.05. The lowest BCUT2D eigenvalue weighted by atomic mass is 10.1. The zero-order valence-corrected chi connectivity index (χ0v) is 15.5. The Morgan fingerprint density at radius 2 is 1.78 bits per heavy atom. The molecule has 0 saturated carbocycles. The van der Waals surface area contributed by atoms with Gasteiger partial charge in [0.05, 0.1) is 0 Å². The molecule has 27 heavy (non-hydrogen) atoms. The van der Waals surface area contributed by atoms with Crippen LogP contribution in [0.15, 0.2) is 30.3 Å². The van der Waals surface area contributed by atoms with Gasteiger partial charge in [0.2, 0.25) is 11.8 Å². The Kier molecular flexibility index (Phi) is 9.31. The van der Waals surface area contributed by atoms with Gasteiger partial charge in [0.1, 0.15) is 18.6 Å². The Labute approximate surface area is 161 Å². The second-order valence-corrected chi connectivity index (χ2v) is 6.22. The predicted molar refractivity (Wildman–Crippen MR) is 100 cm³/mol. The molecule has 148 valence electrons. The van der Waals surface area contributed by atoms with E-state index in [1.54, 1.807) is 30.3 Å². The maximum absolute atomic E-state index is 12.7. The highest BCUT2D eigenvalue weighted by Crippen LogP contribution is 2.08. The van der Waals surface area contributed by atoms with Gasteiger partial charge < -0.3 is 26.2 Å². The van der Waals surface area contributed by atoms with E-state index < -0.39 is 42.4 Å². The van der Waals surface area contributed by atoms with Gasteiger partial charge in [0, 0.05) is 18.7 Å². The zero-order chi connectivity index (χ0) is 20.4. The molecule has 9 nitrogen and oxygen atoms in total. The number of nitrogens with one attached hydrogen (secondary N) is 1. The van der Waals surface area contributed by atoms with Crippen molar-refractivity contribution in [2.24, 2.45) is 5.73 Å². The first-order chi connectivity index (χ1) is 12.7. The van der Waals surface area contributed by atoms with Crippen molar-refractivity contribution in [1.82, 2.24) is 10.2 Å². The van der Waals surface area contributed by atoms with E-state index in [-0.39, 0.29) is 25.1 Å². The number of carboxylic acids is 2. The molecule has 2 unspecified atom stereocenters. The van der Waals surface area contributed by atoms with E-state index in [1.165, 1.54) is 0 Å². The SMILES string of the molecule is NC(CCC(=O)NC(CS)C(=O)N(CC(=O)O)Cc1ccccc1)C(=O)O. The van der Waals surface area contributed by atoms with Gasteiger partial charge in [0.25, 0.3) is 0 Å². The van der Waals surface area contributed by atoms with Crippen LogP contribution in [0, 0.1) is 0 Å². The molecule has 10 heteroatoms. The van der Waals surface area contributed by atoms with Crippen molar-refractivity contribution in [2.75, 3.05) is 12.3 Å². The number of thiol groups is 1. The third-order valence-corrected chi connectivity index (χ3v) is 4.03. The molecule has 0 spiro atoms. The molecule has 0 fully saturated rings. The van der Waals surface area contributed by atoms with Crippen molar-refractivity contribution in [3.63, 3.8) is 0 Å². The molecule has 0 aliphatic carbocycles. The van der Waals surface area contributed by atoms with Crippen molar-refractivity contribution in [2.45, 2.75) is 31.5 Å². The Morgan fingerprint density at radius 1 is 1.15 bits per heavy atom. The molecule has 0 heterocycles. The number of carbonyl (C=O) groups excluding carboxylic acids is 2. The predicted octanol–water partition coefficient (Wildman–Crippen LogP) is -0.293. The first kappa shape index (κ1) is 22.5. The summed E-state index contributed by atoms with van der Waals surface area (Å²) in [6.45, 7) is -0.465. The smallest absolute Gasteiger partial charge is 0.323 e. The minimum Gasteiger partial charge on any atom is -0.480 e. The van der Waals surface area contributed by atoms with E-state index >= 15 is 0 Å². The zero-order valence-electron chi connectivity index (χ0n) is 14.6. The molecular formula is C17H23N3O6S. The summed E-state index contributed by atoms with van der Waals surface area (Å²) in [6, 6.07) is 6.62. The summed E-state index contributed by atoms with van der Waals surface area (Å²) in [5, 5.41) is 20.2. The second-order valence-electron chi connectivity index (χ2n) is 5.86. The number of amides is 2. The van der Waals surface area contributed by atoms with Crippen LogP contribution in [0.1, 0.15) is 18.4 Å². The van der Waals surface area contributed by atoms with E-state index in [9.17, 15) is 19.2 Å². The van der Waals surface area contributed by atoms with Crippen molar-refractivity contribution in [3.8, 4) is 0 Å². The second kappa shape index (κ2) is 11.2. The molecule has 1 rings (SSSR count). The summed E-state index contributed by atoms with van der Waals surface area (Å²) in [4.78, 5) is 47.5. The minimum absolute atomic E-state index is 0.0412. The van der Waals surface area contributed by atoms with E-state index in [2.05, 4.69) is 17.9 Å². The number of rotatable bonds is 11. The maximum Gasteiger partial charge on any atom is 0.323 e. The summed E-state index contributed by atoms with van der Waals surface area (Å²) in [7, 11) is 0. The van der Waals surface area contributed by atoms with Crippen LogP contribution >= 0.6 is 12.6 Å². The fourth-order valence-electron chi connectivity index (χ4n) is 2.26. The average Bonchev–Trinajstić information content (AvgIpc) is 2.63. The van der Waals surface area contributed by atoms with Crippen molar-refractivity contribution in [1.29, 1.82) is 0 Å². The normalized spacial score (nSPS) is 12.7. The molecule has 1 aromatic rings. The molecule has 0 aromatic heterocycles. The summed E-state index contributed by atoms with van der Waals surface area (Å²) in [6.07, 6.45) is -0.264. The first-order valence-corrected chi connectivity index (χ1v) is 8.81. The Morgan fingerprint density at radius 3 is 2.30 bits per heavy atom. The van der Waals surface area contributed by atoms with Gasteiger partial charge in [-0.2, -0.15) is 12.6 Å². The number of nitrogens with two attached hydrogens (primary N) is 1. The monoisotopic (exact) mass is 397 g/mol. The van der Waals surface area contributed by atoms with Crippen LogP contribution in [0.5, 0.6) is 0 Å². The highest BCUT2D eigenvalue weighted by molar-refractivity contribution is 7.80. The van der Waals surface area contributed by atoms with Crippen LogP contribution in [0.25, 0.3) is 0 Å². The standard InChI is InChI=1S/C17H23N3O6S/c18-12(17(25)26)6-7-14(21)19-13(10-27)16(24)20(9-15(22)23)8-11-4-2-1-3-5-11/h1-5,12-13,27H,6-10,18H2,(H,19,21)(H,22,23)(H,25,26). The largest absolute Gasteiger partial charge is 0.480 e. The van der Waals surface area contributed by atoms with E-state index in [4.69, 9.17) is 15.9 Å². The fraction of sp³-hybridized carbons (Fsp3) is 0.412. The summed E-state index contributed by atoms with van der Waals surface area (Å²) in [5.74, 6) is -3.60. The van der Waals surface area contributed by atoms with E-state index in [0.717, 1.165) is 10.5 Å².